The summed E-state index contributed by atoms with van der Waals surface area (Å²) < 4.78 is 4.86. The van der Waals surface area contributed by atoms with Crippen LogP contribution in [-0.4, -0.2) is 45.2 Å². The van der Waals surface area contributed by atoms with Crippen LogP contribution in [-0.2, 0) is 14.3 Å². The van der Waals surface area contributed by atoms with E-state index in [1.165, 1.54) is 12.8 Å². The number of methoxy groups -OCH3 is 1. The zero-order valence-electron chi connectivity index (χ0n) is 13.1. The Morgan fingerprint density at radius 2 is 1.76 bits per heavy atom. The predicted molar refractivity (Wildman–Crippen MR) is 81.7 cm³/mol. The highest BCUT2D eigenvalue weighted by Crippen LogP contribution is 2.34. The molecule has 2 amide bonds. The minimum Gasteiger partial charge on any atom is -0.383 e. The number of nitrogens with one attached hydrogen (secondary N) is 2. The van der Waals surface area contributed by atoms with Crippen molar-refractivity contribution >= 4 is 11.8 Å². The molecule has 1 aliphatic carbocycles. The maximum Gasteiger partial charge on any atom is 0.227 e. The topological polar surface area (TPSA) is 93.5 Å². The Balaban J connectivity index is 2.32. The first-order chi connectivity index (χ1) is 10.1. The lowest BCUT2D eigenvalue weighted by Crippen LogP contribution is -2.46. The van der Waals surface area contributed by atoms with Crippen LogP contribution in [0, 0.1) is 5.41 Å². The lowest BCUT2D eigenvalue weighted by molar-refractivity contribution is -0.131. The van der Waals surface area contributed by atoms with Crippen LogP contribution in [0.15, 0.2) is 0 Å². The lowest BCUT2D eigenvalue weighted by atomic mass is 9.79. The molecule has 0 radical (unpaired) electrons. The summed E-state index contributed by atoms with van der Waals surface area (Å²) in [7, 11) is 1.59. The van der Waals surface area contributed by atoms with Gasteiger partial charge in [0.2, 0.25) is 11.8 Å². The van der Waals surface area contributed by atoms with E-state index in [0.29, 0.717) is 26.2 Å². The molecule has 21 heavy (non-hydrogen) atoms. The lowest BCUT2D eigenvalue weighted by Gasteiger charge is -2.29. The molecular weight excluding hydrogens is 270 g/mol. The van der Waals surface area contributed by atoms with Crippen molar-refractivity contribution in [2.45, 2.75) is 44.9 Å². The first kappa shape index (κ1) is 17.9. The molecule has 0 aromatic heterocycles. The van der Waals surface area contributed by atoms with Crippen molar-refractivity contribution in [1.29, 1.82) is 0 Å². The fourth-order valence-electron chi connectivity index (χ4n) is 2.79. The summed E-state index contributed by atoms with van der Waals surface area (Å²) in [4.78, 5) is 23.9. The number of carbonyl (C=O) groups is 2. The summed E-state index contributed by atoms with van der Waals surface area (Å²) in [6.07, 6.45) is 6.47. The van der Waals surface area contributed by atoms with Gasteiger partial charge in [-0.15, -0.1) is 0 Å². The van der Waals surface area contributed by atoms with Crippen molar-refractivity contribution in [3.05, 3.63) is 0 Å². The highest BCUT2D eigenvalue weighted by Gasteiger charge is 2.36. The van der Waals surface area contributed by atoms with Gasteiger partial charge >= 0.3 is 0 Å². The molecular formula is C15H29N3O3. The second-order valence-corrected chi connectivity index (χ2v) is 5.75. The van der Waals surface area contributed by atoms with Crippen molar-refractivity contribution in [2.24, 2.45) is 11.1 Å². The Morgan fingerprint density at radius 3 is 2.33 bits per heavy atom. The third-order valence-corrected chi connectivity index (χ3v) is 4.20. The number of amides is 2. The van der Waals surface area contributed by atoms with E-state index in [4.69, 9.17) is 10.5 Å². The minimum absolute atomic E-state index is 0.0107. The number of ether oxygens (including phenoxy) is 1. The Bertz CT molecular complexity index is 326. The van der Waals surface area contributed by atoms with Gasteiger partial charge in [-0.25, -0.2) is 0 Å². The van der Waals surface area contributed by atoms with Crippen molar-refractivity contribution < 1.29 is 14.3 Å². The molecule has 1 aliphatic rings. The molecule has 1 rings (SSSR count). The maximum atomic E-state index is 12.4. The summed E-state index contributed by atoms with van der Waals surface area (Å²) in [5.74, 6) is -0.0633. The van der Waals surface area contributed by atoms with Gasteiger partial charge in [-0.05, 0) is 12.8 Å². The summed E-state index contributed by atoms with van der Waals surface area (Å²) in [5.41, 5.74) is 5.44. The highest BCUT2D eigenvalue weighted by atomic mass is 16.5. The van der Waals surface area contributed by atoms with Crippen LogP contribution in [0.5, 0.6) is 0 Å². The number of nitrogens with two attached hydrogens (primary N) is 1. The van der Waals surface area contributed by atoms with Gasteiger partial charge in [0.25, 0.3) is 0 Å². The van der Waals surface area contributed by atoms with E-state index in [1.54, 1.807) is 7.11 Å². The molecule has 6 nitrogen and oxygen atoms in total. The SMILES string of the molecule is COCCNC(=O)CCNC(=O)C1(CN)CCCCCC1. The summed E-state index contributed by atoms with van der Waals surface area (Å²) in [6, 6.07) is 0. The van der Waals surface area contributed by atoms with E-state index in [0.717, 1.165) is 25.7 Å². The van der Waals surface area contributed by atoms with Gasteiger partial charge in [0.15, 0.2) is 0 Å². The van der Waals surface area contributed by atoms with E-state index >= 15 is 0 Å². The molecule has 0 unspecified atom stereocenters. The average molecular weight is 299 g/mol. The molecule has 4 N–H and O–H groups in total. The van der Waals surface area contributed by atoms with Gasteiger partial charge in [0.1, 0.15) is 0 Å². The van der Waals surface area contributed by atoms with Crippen molar-refractivity contribution in [3.8, 4) is 0 Å². The van der Waals surface area contributed by atoms with Crippen LogP contribution in [0.1, 0.15) is 44.9 Å². The molecule has 0 aromatic carbocycles. The van der Waals surface area contributed by atoms with Gasteiger partial charge in [-0.3, -0.25) is 9.59 Å². The zero-order chi connectivity index (χ0) is 15.6. The number of carbonyl (C=O) groups excluding carboxylic acids is 2. The molecule has 6 heteroatoms. The predicted octanol–water partition coefficient (Wildman–Crippen LogP) is 0.555. The Morgan fingerprint density at radius 1 is 1.10 bits per heavy atom. The number of hydrogen-bond donors (Lipinski definition) is 3. The summed E-state index contributed by atoms with van der Waals surface area (Å²) >= 11 is 0. The summed E-state index contributed by atoms with van der Waals surface area (Å²) in [6.45, 7) is 1.74. The van der Waals surface area contributed by atoms with Crippen molar-refractivity contribution in [3.63, 3.8) is 0 Å². The molecule has 1 fully saturated rings. The van der Waals surface area contributed by atoms with Crippen LogP contribution >= 0.6 is 0 Å². The first-order valence-corrected chi connectivity index (χ1v) is 7.88. The number of hydrogen-bond acceptors (Lipinski definition) is 4. The fraction of sp³-hybridized carbons (Fsp3) is 0.867. The van der Waals surface area contributed by atoms with Gasteiger partial charge in [-0.2, -0.15) is 0 Å². The zero-order valence-corrected chi connectivity index (χ0v) is 13.1. The van der Waals surface area contributed by atoms with Gasteiger partial charge in [0, 0.05) is 33.2 Å². The van der Waals surface area contributed by atoms with Gasteiger partial charge in [-0.1, -0.05) is 25.7 Å². The maximum absolute atomic E-state index is 12.4. The molecule has 1 saturated carbocycles. The second kappa shape index (κ2) is 9.73. The van der Waals surface area contributed by atoms with Crippen LogP contribution in [0.4, 0.5) is 0 Å². The molecule has 122 valence electrons. The highest BCUT2D eigenvalue weighted by molar-refractivity contribution is 5.83. The van der Waals surface area contributed by atoms with Gasteiger partial charge < -0.3 is 21.1 Å². The Hall–Kier alpha value is -1.14. The van der Waals surface area contributed by atoms with E-state index in [2.05, 4.69) is 10.6 Å². The second-order valence-electron chi connectivity index (χ2n) is 5.75. The molecule has 0 aromatic rings. The average Bonchev–Trinajstić information content (AvgIpc) is 2.74. The van der Waals surface area contributed by atoms with Crippen LogP contribution < -0.4 is 16.4 Å². The molecule has 0 saturated heterocycles. The van der Waals surface area contributed by atoms with E-state index in [1.807, 2.05) is 0 Å². The number of rotatable bonds is 8. The van der Waals surface area contributed by atoms with Crippen LogP contribution in [0.25, 0.3) is 0 Å². The smallest absolute Gasteiger partial charge is 0.227 e. The van der Waals surface area contributed by atoms with E-state index < -0.39 is 5.41 Å². The van der Waals surface area contributed by atoms with Crippen LogP contribution in [0.3, 0.4) is 0 Å². The third-order valence-electron chi connectivity index (χ3n) is 4.20. The largest absolute Gasteiger partial charge is 0.383 e. The molecule has 0 bridgehead atoms. The monoisotopic (exact) mass is 299 g/mol. The van der Waals surface area contributed by atoms with Crippen LogP contribution in [0.2, 0.25) is 0 Å². The normalized spacial score (nSPS) is 17.8. The molecule has 0 aliphatic heterocycles. The van der Waals surface area contributed by atoms with Crippen molar-refractivity contribution in [2.75, 3.05) is 33.4 Å². The first-order valence-electron chi connectivity index (χ1n) is 7.88. The fourth-order valence-corrected chi connectivity index (χ4v) is 2.79. The minimum atomic E-state index is -0.428. The standard InChI is InChI=1S/C15H29N3O3/c1-21-11-10-17-13(19)6-9-18-14(20)15(12-16)7-4-2-3-5-8-15/h2-12,16H2,1H3,(H,17,19)(H,18,20). The third kappa shape index (κ3) is 6.01. The molecule has 0 spiro atoms. The van der Waals surface area contributed by atoms with E-state index in [9.17, 15) is 9.59 Å². The Kier molecular flexibility index (Phi) is 8.30. The van der Waals surface area contributed by atoms with E-state index in [-0.39, 0.29) is 18.2 Å². The quantitative estimate of drug-likeness (QED) is 0.451. The van der Waals surface area contributed by atoms with Crippen molar-refractivity contribution in [1.82, 2.24) is 10.6 Å². The molecule has 0 heterocycles. The molecule has 0 atom stereocenters. The van der Waals surface area contributed by atoms with Gasteiger partial charge in [0.05, 0.1) is 12.0 Å². The summed E-state index contributed by atoms with van der Waals surface area (Å²) in [5, 5.41) is 5.61. The Labute approximate surface area is 127 Å².